The van der Waals surface area contributed by atoms with Crippen LogP contribution < -0.4 is 0 Å². The van der Waals surface area contributed by atoms with Crippen molar-refractivity contribution in [3.63, 3.8) is 0 Å². The highest BCUT2D eigenvalue weighted by molar-refractivity contribution is 6.35. The third kappa shape index (κ3) is 3.25. The summed E-state index contributed by atoms with van der Waals surface area (Å²) in [6.07, 6.45) is 7.08. The van der Waals surface area contributed by atoms with E-state index in [0.29, 0.717) is 22.0 Å². The summed E-state index contributed by atoms with van der Waals surface area (Å²) in [6.45, 7) is 5.16. The fraction of sp³-hybridized carbons (Fsp3) is 0.632. The molecule has 1 aliphatic heterocycles. The van der Waals surface area contributed by atoms with Crippen molar-refractivity contribution < 1.29 is 4.79 Å². The van der Waals surface area contributed by atoms with Crippen LogP contribution in [0.4, 0.5) is 0 Å². The highest BCUT2D eigenvalue weighted by Crippen LogP contribution is 2.43. The van der Waals surface area contributed by atoms with Crippen LogP contribution in [-0.4, -0.2) is 23.4 Å². The first-order chi connectivity index (χ1) is 10.9. The molecule has 1 atom stereocenters. The Labute approximate surface area is 149 Å². The van der Waals surface area contributed by atoms with Crippen molar-refractivity contribution in [1.29, 1.82) is 0 Å². The molecule has 0 N–H and O–H groups in total. The zero-order valence-electron chi connectivity index (χ0n) is 13.9. The van der Waals surface area contributed by atoms with Gasteiger partial charge in [-0.25, -0.2) is 0 Å². The van der Waals surface area contributed by atoms with E-state index in [9.17, 15) is 4.79 Å². The van der Waals surface area contributed by atoms with Gasteiger partial charge in [-0.3, -0.25) is 4.79 Å². The van der Waals surface area contributed by atoms with Gasteiger partial charge in [0.25, 0.3) is 0 Å². The molecule has 1 aliphatic carbocycles. The molecule has 2 fully saturated rings. The van der Waals surface area contributed by atoms with Crippen LogP contribution in [0.3, 0.4) is 0 Å². The molecule has 0 bridgehead atoms. The normalized spacial score (nSPS) is 23.6. The van der Waals surface area contributed by atoms with E-state index >= 15 is 0 Å². The van der Waals surface area contributed by atoms with Crippen LogP contribution in [-0.2, 0) is 10.2 Å². The van der Waals surface area contributed by atoms with Crippen LogP contribution in [0.5, 0.6) is 0 Å². The van der Waals surface area contributed by atoms with Crippen molar-refractivity contribution in [1.82, 2.24) is 4.90 Å². The van der Waals surface area contributed by atoms with E-state index in [4.69, 9.17) is 23.2 Å². The lowest BCUT2D eigenvalue weighted by molar-refractivity contribution is -0.135. The van der Waals surface area contributed by atoms with E-state index in [0.717, 1.165) is 18.5 Å². The molecule has 2 nitrogen and oxygen atoms in total. The predicted molar refractivity (Wildman–Crippen MR) is 96.2 cm³/mol. The number of benzene rings is 1. The lowest BCUT2D eigenvalue weighted by atomic mass is 9.72. The highest BCUT2D eigenvalue weighted by Gasteiger charge is 2.45. The molecule has 1 aromatic rings. The fourth-order valence-electron chi connectivity index (χ4n) is 4.33. The van der Waals surface area contributed by atoms with E-state index in [1.807, 2.05) is 12.1 Å². The van der Waals surface area contributed by atoms with Gasteiger partial charge in [0.05, 0.1) is 0 Å². The quantitative estimate of drug-likeness (QED) is 0.707. The van der Waals surface area contributed by atoms with Crippen LogP contribution in [0.15, 0.2) is 18.2 Å². The number of nitrogens with zero attached hydrogens (tertiary/aromatic N) is 1. The van der Waals surface area contributed by atoms with Crippen LogP contribution in [0, 0.1) is 5.92 Å². The SMILES string of the molecule is CC(C)(c1ccc(Cl)cc1Cl)C1CCN(C2CCCCC2)C1=O. The number of rotatable bonds is 3. The molecular weight excluding hydrogens is 329 g/mol. The number of carbonyl (C=O) groups excluding carboxylic acids is 1. The molecule has 0 aromatic heterocycles. The Hall–Kier alpha value is -0.730. The van der Waals surface area contributed by atoms with Crippen molar-refractivity contribution in [3.05, 3.63) is 33.8 Å². The largest absolute Gasteiger partial charge is 0.339 e. The van der Waals surface area contributed by atoms with Crippen LogP contribution in [0.25, 0.3) is 0 Å². The van der Waals surface area contributed by atoms with Gasteiger partial charge in [-0.15, -0.1) is 0 Å². The van der Waals surface area contributed by atoms with E-state index in [2.05, 4.69) is 18.7 Å². The van der Waals surface area contributed by atoms with Crippen molar-refractivity contribution in [2.24, 2.45) is 5.92 Å². The van der Waals surface area contributed by atoms with Gasteiger partial charge < -0.3 is 4.90 Å². The molecule has 4 heteroatoms. The Morgan fingerprint density at radius 3 is 2.43 bits per heavy atom. The van der Waals surface area contributed by atoms with Gasteiger partial charge in [0.1, 0.15) is 0 Å². The molecule has 1 amide bonds. The summed E-state index contributed by atoms with van der Waals surface area (Å²) in [5.41, 5.74) is 0.745. The lowest BCUT2D eigenvalue weighted by Gasteiger charge is -2.35. The van der Waals surface area contributed by atoms with E-state index in [-0.39, 0.29) is 11.3 Å². The van der Waals surface area contributed by atoms with E-state index in [1.54, 1.807) is 6.07 Å². The lowest BCUT2D eigenvalue weighted by Crippen LogP contribution is -2.42. The summed E-state index contributed by atoms with van der Waals surface area (Å²) in [5.74, 6) is 0.316. The first-order valence-electron chi connectivity index (χ1n) is 8.67. The van der Waals surface area contributed by atoms with E-state index < -0.39 is 0 Å². The van der Waals surface area contributed by atoms with Crippen LogP contribution in [0.1, 0.15) is 57.9 Å². The number of carbonyl (C=O) groups is 1. The Balaban J connectivity index is 1.81. The summed E-state index contributed by atoms with van der Waals surface area (Å²) < 4.78 is 0. The molecule has 0 spiro atoms. The second kappa shape index (κ2) is 6.64. The minimum atomic E-state index is -0.276. The van der Waals surface area contributed by atoms with Gasteiger partial charge in [-0.05, 0) is 37.0 Å². The van der Waals surface area contributed by atoms with Gasteiger partial charge in [0.2, 0.25) is 5.91 Å². The average Bonchev–Trinajstić information content (AvgIpc) is 2.90. The summed E-state index contributed by atoms with van der Waals surface area (Å²) in [4.78, 5) is 15.2. The zero-order valence-corrected chi connectivity index (χ0v) is 15.5. The van der Waals surface area contributed by atoms with Crippen molar-refractivity contribution >= 4 is 29.1 Å². The Bertz CT molecular complexity index is 593. The minimum Gasteiger partial charge on any atom is -0.339 e. The summed E-state index contributed by atoms with van der Waals surface area (Å²) in [6, 6.07) is 6.07. The Morgan fingerprint density at radius 2 is 1.78 bits per heavy atom. The average molecular weight is 354 g/mol. The highest BCUT2D eigenvalue weighted by atomic mass is 35.5. The maximum Gasteiger partial charge on any atom is 0.226 e. The number of amides is 1. The molecule has 1 unspecified atom stereocenters. The van der Waals surface area contributed by atoms with Crippen molar-refractivity contribution in [2.45, 2.75) is 63.8 Å². The second-order valence-electron chi connectivity index (χ2n) is 7.51. The van der Waals surface area contributed by atoms with Crippen molar-refractivity contribution in [3.8, 4) is 0 Å². The number of hydrogen-bond acceptors (Lipinski definition) is 1. The molecule has 23 heavy (non-hydrogen) atoms. The molecule has 2 aliphatic rings. The van der Waals surface area contributed by atoms with Gasteiger partial charge in [0.15, 0.2) is 0 Å². The van der Waals surface area contributed by atoms with Crippen LogP contribution >= 0.6 is 23.2 Å². The van der Waals surface area contributed by atoms with Gasteiger partial charge in [-0.2, -0.15) is 0 Å². The Morgan fingerprint density at radius 1 is 1.09 bits per heavy atom. The molecule has 1 aromatic carbocycles. The van der Waals surface area contributed by atoms with E-state index in [1.165, 1.54) is 32.1 Å². The molecule has 1 heterocycles. The topological polar surface area (TPSA) is 20.3 Å². The monoisotopic (exact) mass is 353 g/mol. The molecular formula is C19H25Cl2NO. The van der Waals surface area contributed by atoms with Gasteiger partial charge in [-0.1, -0.05) is 62.4 Å². The number of hydrogen-bond donors (Lipinski definition) is 0. The maximum absolute atomic E-state index is 13.1. The maximum atomic E-state index is 13.1. The summed E-state index contributed by atoms with van der Waals surface area (Å²) >= 11 is 12.4. The smallest absolute Gasteiger partial charge is 0.226 e. The van der Waals surface area contributed by atoms with Gasteiger partial charge in [0, 0.05) is 34.0 Å². The third-order valence-corrected chi connectivity index (χ3v) is 6.30. The number of likely N-dealkylation sites (tertiary alicyclic amines) is 1. The third-order valence-electron chi connectivity index (χ3n) is 5.75. The van der Waals surface area contributed by atoms with Crippen molar-refractivity contribution in [2.75, 3.05) is 6.54 Å². The zero-order chi connectivity index (χ0) is 16.6. The summed E-state index contributed by atoms with van der Waals surface area (Å²) in [5, 5.41) is 1.29. The molecule has 3 rings (SSSR count). The first kappa shape index (κ1) is 17.1. The molecule has 1 saturated heterocycles. The van der Waals surface area contributed by atoms with Gasteiger partial charge >= 0.3 is 0 Å². The second-order valence-corrected chi connectivity index (χ2v) is 8.35. The predicted octanol–water partition coefficient (Wildman–Crippen LogP) is 5.45. The summed E-state index contributed by atoms with van der Waals surface area (Å²) in [7, 11) is 0. The number of halogens is 2. The fourth-order valence-corrected chi connectivity index (χ4v) is 4.98. The Kier molecular flexibility index (Phi) is 4.94. The standard InChI is InChI=1S/C19H25Cl2NO/c1-19(2,15-9-8-13(20)12-17(15)21)16-10-11-22(18(16)23)14-6-4-3-5-7-14/h8-9,12,14,16H,3-7,10-11H2,1-2H3. The minimum absolute atomic E-state index is 0.00287. The van der Waals surface area contributed by atoms with Crippen LogP contribution in [0.2, 0.25) is 10.0 Å². The molecule has 0 radical (unpaired) electrons. The molecule has 126 valence electrons. The molecule has 1 saturated carbocycles. The first-order valence-corrected chi connectivity index (χ1v) is 9.43.